The largest absolute Gasteiger partial charge is 0.513 e. The predicted molar refractivity (Wildman–Crippen MR) is 128 cm³/mol. The van der Waals surface area contributed by atoms with Gasteiger partial charge in [0.15, 0.2) is 0 Å². The molecule has 2 heterocycles. The first-order chi connectivity index (χ1) is 14.7. The van der Waals surface area contributed by atoms with Crippen molar-refractivity contribution in [3.8, 4) is 0 Å². The molecule has 1 amide bonds. The minimum absolute atomic E-state index is 0.0736. The monoisotopic (exact) mass is 445 g/mol. The van der Waals surface area contributed by atoms with Crippen LogP contribution in [-0.2, 0) is 0 Å². The highest BCUT2D eigenvalue weighted by Crippen LogP contribution is 2.28. The highest BCUT2D eigenvalue weighted by molar-refractivity contribution is 6.32. The lowest BCUT2D eigenvalue weighted by Gasteiger charge is -2.32. The first-order valence-corrected chi connectivity index (χ1v) is 10.6. The first kappa shape index (κ1) is 24.7. The number of hydrogen-bond donors (Lipinski definition) is 2. The van der Waals surface area contributed by atoms with E-state index < -0.39 is 0 Å². The summed E-state index contributed by atoms with van der Waals surface area (Å²) in [6.07, 6.45) is 8.04. The smallest absolute Gasteiger partial charge is 0.272 e. The van der Waals surface area contributed by atoms with Crippen LogP contribution in [0.2, 0.25) is 0 Å². The van der Waals surface area contributed by atoms with E-state index >= 15 is 0 Å². The topological polar surface area (TPSA) is 87.6 Å². The molecule has 0 bridgehead atoms. The standard InChI is InChI=1S/C23H32ClN5O2/c1-6-18(20(24)12-17(4)30)19(16(3)13-25)15-29-21(14-26-22(29)7-2)23(31)28-10-8-27(5)9-11-28/h6-7,12,14-16,30H,1-2,8-11,13,25H2,3-5H3/b17-12+,19-15+,20-18-. The number of nitrogens with two attached hydrogens (primary N) is 1. The fourth-order valence-electron chi connectivity index (χ4n) is 3.33. The van der Waals surface area contributed by atoms with E-state index in [4.69, 9.17) is 17.3 Å². The van der Waals surface area contributed by atoms with Gasteiger partial charge in [0.2, 0.25) is 0 Å². The molecule has 0 radical (unpaired) electrons. The van der Waals surface area contributed by atoms with Crippen LogP contribution in [0.5, 0.6) is 0 Å². The Kier molecular flexibility index (Phi) is 8.86. The molecule has 1 saturated heterocycles. The lowest BCUT2D eigenvalue weighted by molar-refractivity contribution is 0.0656. The molecule has 0 aliphatic carbocycles. The summed E-state index contributed by atoms with van der Waals surface area (Å²) >= 11 is 6.45. The lowest BCUT2D eigenvalue weighted by atomic mass is 9.93. The van der Waals surface area contributed by atoms with Crippen LogP contribution in [0.4, 0.5) is 0 Å². The molecule has 1 aromatic rings. The van der Waals surface area contributed by atoms with Gasteiger partial charge in [-0.05, 0) is 49.7 Å². The van der Waals surface area contributed by atoms with Gasteiger partial charge in [-0.1, -0.05) is 37.8 Å². The zero-order chi connectivity index (χ0) is 23.1. The Bertz CT molecular complexity index is 916. The van der Waals surface area contributed by atoms with Crippen LogP contribution < -0.4 is 5.73 Å². The van der Waals surface area contributed by atoms with Crippen molar-refractivity contribution in [3.63, 3.8) is 0 Å². The number of piperazine rings is 1. The van der Waals surface area contributed by atoms with E-state index in [1.807, 2.05) is 25.1 Å². The summed E-state index contributed by atoms with van der Waals surface area (Å²) in [6, 6.07) is 0. The van der Waals surface area contributed by atoms with Crippen LogP contribution in [0.3, 0.4) is 0 Å². The second kappa shape index (κ2) is 11.1. The zero-order valence-corrected chi connectivity index (χ0v) is 19.3. The highest BCUT2D eigenvalue weighted by atomic mass is 35.5. The number of carbonyl (C=O) groups excluding carboxylic acids is 1. The predicted octanol–water partition coefficient (Wildman–Crippen LogP) is 3.49. The molecule has 0 saturated carbocycles. The summed E-state index contributed by atoms with van der Waals surface area (Å²) in [4.78, 5) is 21.6. The number of aliphatic hydroxyl groups excluding tert-OH is 1. The van der Waals surface area contributed by atoms with Crippen LogP contribution in [0, 0.1) is 5.92 Å². The second-order valence-corrected chi connectivity index (χ2v) is 8.05. The van der Waals surface area contributed by atoms with Crippen molar-refractivity contribution >= 4 is 29.8 Å². The maximum atomic E-state index is 13.3. The molecular formula is C23H32ClN5O2. The van der Waals surface area contributed by atoms with E-state index in [9.17, 15) is 9.90 Å². The van der Waals surface area contributed by atoms with Crippen molar-refractivity contribution in [3.05, 3.63) is 65.0 Å². The molecule has 0 aromatic carbocycles. The van der Waals surface area contributed by atoms with Gasteiger partial charge < -0.3 is 20.6 Å². The molecule has 1 aromatic heterocycles. The van der Waals surface area contributed by atoms with E-state index in [0.29, 0.717) is 41.8 Å². The number of amides is 1. The van der Waals surface area contributed by atoms with Crippen LogP contribution in [0.15, 0.2) is 53.4 Å². The summed E-state index contributed by atoms with van der Waals surface area (Å²) in [6.45, 7) is 14.5. The van der Waals surface area contributed by atoms with Crippen molar-refractivity contribution in [1.29, 1.82) is 0 Å². The minimum Gasteiger partial charge on any atom is -0.513 e. The average molecular weight is 446 g/mol. The number of aliphatic hydroxyl groups is 1. The highest BCUT2D eigenvalue weighted by Gasteiger charge is 2.25. The van der Waals surface area contributed by atoms with E-state index in [1.54, 1.807) is 22.9 Å². The molecule has 1 atom stereocenters. The number of imidazole rings is 1. The summed E-state index contributed by atoms with van der Waals surface area (Å²) in [7, 11) is 2.04. The quantitative estimate of drug-likeness (QED) is 0.472. The van der Waals surface area contributed by atoms with E-state index in [1.165, 1.54) is 13.0 Å². The SMILES string of the molecule is C=CC(=C(Cl)\C=C(/C)O)/C(=C/n1c(C(=O)N2CCN(C)CC2)cnc1C=C)C(C)CN. The number of nitrogens with zero attached hydrogens (tertiary/aromatic N) is 4. The number of aromatic nitrogens is 2. The molecular weight excluding hydrogens is 414 g/mol. The minimum atomic E-state index is -0.0965. The van der Waals surface area contributed by atoms with Crippen LogP contribution in [0.25, 0.3) is 12.3 Å². The maximum absolute atomic E-state index is 13.3. The fraction of sp³-hybridized carbons (Fsp3) is 0.391. The third-order valence-electron chi connectivity index (χ3n) is 5.28. The van der Waals surface area contributed by atoms with Gasteiger partial charge in [0.1, 0.15) is 11.5 Å². The Morgan fingerprint density at radius 3 is 2.52 bits per heavy atom. The van der Waals surface area contributed by atoms with Gasteiger partial charge in [0, 0.05) is 32.4 Å². The Balaban J connectivity index is 2.61. The molecule has 1 aliphatic heterocycles. The summed E-state index contributed by atoms with van der Waals surface area (Å²) in [5.41, 5.74) is 7.80. The molecule has 2 rings (SSSR count). The zero-order valence-electron chi connectivity index (χ0n) is 18.5. The number of hydrogen-bond acceptors (Lipinski definition) is 5. The van der Waals surface area contributed by atoms with Crippen molar-refractivity contribution in [1.82, 2.24) is 19.4 Å². The molecule has 1 fully saturated rings. The van der Waals surface area contributed by atoms with E-state index in [-0.39, 0.29) is 17.6 Å². The molecule has 1 unspecified atom stereocenters. The fourth-order valence-corrected chi connectivity index (χ4v) is 3.68. The van der Waals surface area contributed by atoms with Gasteiger partial charge in [-0.3, -0.25) is 9.36 Å². The lowest BCUT2D eigenvalue weighted by Crippen LogP contribution is -2.47. The molecule has 0 spiro atoms. The van der Waals surface area contributed by atoms with E-state index in [2.05, 4.69) is 23.0 Å². The molecule has 8 heteroatoms. The molecule has 31 heavy (non-hydrogen) atoms. The van der Waals surface area contributed by atoms with Crippen LogP contribution in [-0.4, -0.2) is 70.1 Å². The molecule has 3 N–H and O–H groups in total. The van der Waals surface area contributed by atoms with Gasteiger partial charge in [0.05, 0.1) is 17.0 Å². The Hall–Kier alpha value is -2.61. The molecule has 1 aliphatic rings. The number of allylic oxidation sites excluding steroid dienone is 5. The van der Waals surface area contributed by atoms with Gasteiger partial charge >= 0.3 is 0 Å². The second-order valence-electron chi connectivity index (χ2n) is 7.64. The summed E-state index contributed by atoms with van der Waals surface area (Å²) in [5, 5.41) is 9.97. The maximum Gasteiger partial charge on any atom is 0.272 e. The van der Waals surface area contributed by atoms with Crippen molar-refractivity contribution < 1.29 is 9.90 Å². The third kappa shape index (κ3) is 5.97. The van der Waals surface area contributed by atoms with Gasteiger partial charge in [-0.15, -0.1) is 0 Å². The first-order valence-electron chi connectivity index (χ1n) is 10.2. The average Bonchev–Trinajstić information content (AvgIpc) is 3.15. The van der Waals surface area contributed by atoms with Crippen LogP contribution in [0.1, 0.15) is 30.2 Å². The number of rotatable bonds is 8. The number of carbonyl (C=O) groups is 1. The molecule has 168 valence electrons. The van der Waals surface area contributed by atoms with Gasteiger partial charge in [0.25, 0.3) is 5.91 Å². The summed E-state index contributed by atoms with van der Waals surface area (Å²) < 4.78 is 1.72. The Labute approximate surface area is 189 Å². The Morgan fingerprint density at radius 1 is 1.35 bits per heavy atom. The van der Waals surface area contributed by atoms with Gasteiger partial charge in [-0.25, -0.2) is 4.98 Å². The van der Waals surface area contributed by atoms with Crippen molar-refractivity contribution in [2.45, 2.75) is 13.8 Å². The summed E-state index contributed by atoms with van der Waals surface area (Å²) in [5.74, 6) is 0.420. The van der Waals surface area contributed by atoms with Crippen molar-refractivity contribution in [2.75, 3.05) is 39.8 Å². The Morgan fingerprint density at radius 2 is 2.00 bits per heavy atom. The van der Waals surface area contributed by atoms with Crippen molar-refractivity contribution in [2.24, 2.45) is 11.7 Å². The number of likely N-dealkylation sites (N-methyl/N-ethyl adjacent to an activating group) is 1. The molecule has 7 nitrogen and oxygen atoms in total. The number of halogens is 1. The van der Waals surface area contributed by atoms with Gasteiger partial charge in [-0.2, -0.15) is 0 Å². The van der Waals surface area contributed by atoms with Crippen LogP contribution >= 0.6 is 11.6 Å². The normalized spacial score (nSPS) is 17.9. The third-order valence-corrected chi connectivity index (χ3v) is 5.59. The van der Waals surface area contributed by atoms with E-state index in [0.717, 1.165) is 18.7 Å².